The molecule has 0 aliphatic heterocycles. The van der Waals surface area contributed by atoms with Gasteiger partial charge in [-0.25, -0.2) is 16.8 Å². The SMILES string of the molecule is COc1ccc(NS(=O)(=O)c2ccc(NC(=O)c3ccc(C)c(NS(C)(=O)=O)c3)cc2)c(OC)c1. The predicted molar refractivity (Wildman–Crippen MR) is 134 cm³/mol. The molecule has 12 heteroatoms. The Labute approximate surface area is 204 Å². The molecule has 0 bridgehead atoms. The van der Waals surface area contributed by atoms with Crippen LogP contribution in [0.15, 0.2) is 65.6 Å². The molecule has 0 aliphatic carbocycles. The number of carbonyl (C=O) groups is 1. The maximum Gasteiger partial charge on any atom is 0.262 e. The molecule has 0 saturated carbocycles. The van der Waals surface area contributed by atoms with E-state index < -0.39 is 26.0 Å². The van der Waals surface area contributed by atoms with Gasteiger partial charge in [0.2, 0.25) is 10.0 Å². The zero-order valence-electron chi connectivity index (χ0n) is 19.4. The van der Waals surface area contributed by atoms with E-state index in [2.05, 4.69) is 14.8 Å². The van der Waals surface area contributed by atoms with Gasteiger partial charge in [-0.3, -0.25) is 14.2 Å². The molecule has 186 valence electrons. The van der Waals surface area contributed by atoms with Crippen molar-refractivity contribution in [1.82, 2.24) is 0 Å². The van der Waals surface area contributed by atoms with E-state index in [0.29, 0.717) is 28.4 Å². The van der Waals surface area contributed by atoms with Crippen LogP contribution in [0.5, 0.6) is 11.5 Å². The van der Waals surface area contributed by atoms with E-state index in [4.69, 9.17) is 9.47 Å². The van der Waals surface area contributed by atoms with Crippen molar-refractivity contribution in [2.45, 2.75) is 11.8 Å². The first-order valence-corrected chi connectivity index (χ1v) is 13.5. The van der Waals surface area contributed by atoms with Crippen LogP contribution in [0.2, 0.25) is 0 Å². The molecule has 0 radical (unpaired) electrons. The lowest BCUT2D eigenvalue weighted by Crippen LogP contribution is -2.15. The third-order valence-electron chi connectivity index (χ3n) is 4.87. The first-order valence-electron chi connectivity index (χ1n) is 10.2. The summed E-state index contributed by atoms with van der Waals surface area (Å²) in [4.78, 5) is 12.6. The van der Waals surface area contributed by atoms with Gasteiger partial charge in [0.15, 0.2) is 0 Å². The summed E-state index contributed by atoms with van der Waals surface area (Å²) in [5.74, 6) is 0.315. The quantitative estimate of drug-likeness (QED) is 0.393. The second kappa shape index (κ2) is 10.2. The van der Waals surface area contributed by atoms with E-state index >= 15 is 0 Å². The van der Waals surface area contributed by atoms with E-state index in [1.54, 1.807) is 31.2 Å². The Hall–Kier alpha value is -3.77. The average molecular weight is 520 g/mol. The minimum absolute atomic E-state index is 0.0247. The Balaban J connectivity index is 1.76. The van der Waals surface area contributed by atoms with E-state index in [-0.39, 0.29) is 16.1 Å². The number of ether oxygens (including phenoxy) is 2. The molecule has 0 spiro atoms. The second-order valence-electron chi connectivity index (χ2n) is 7.55. The van der Waals surface area contributed by atoms with Crippen LogP contribution in [0, 0.1) is 6.92 Å². The van der Waals surface area contributed by atoms with Gasteiger partial charge in [0, 0.05) is 17.3 Å². The number of anilines is 3. The van der Waals surface area contributed by atoms with Gasteiger partial charge in [-0.15, -0.1) is 0 Å². The topological polar surface area (TPSA) is 140 Å². The van der Waals surface area contributed by atoms with E-state index in [9.17, 15) is 21.6 Å². The molecule has 35 heavy (non-hydrogen) atoms. The molecular weight excluding hydrogens is 494 g/mol. The monoisotopic (exact) mass is 519 g/mol. The third kappa shape index (κ3) is 6.64. The number of aryl methyl sites for hydroxylation is 1. The number of amides is 1. The van der Waals surface area contributed by atoms with Crippen molar-refractivity contribution in [3.63, 3.8) is 0 Å². The lowest BCUT2D eigenvalue weighted by molar-refractivity contribution is 0.102. The number of rotatable bonds is 9. The zero-order chi connectivity index (χ0) is 25.8. The molecule has 3 rings (SSSR count). The lowest BCUT2D eigenvalue weighted by atomic mass is 10.1. The number of sulfonamides is 2. The van der Waals surface area contributed by atoms with E-state index in [0.717, 1.165) is 6.26 Å². The van der Waals surface area contributed by atoms with E-state index in [1.165, 1.54) is 50.6 Å². The molecule has 0 fully saturated rings. The Kier molecular flexibility index (Phi) is 7.56. The lowest BCUT2D eigenvalue weighted by Gasteiger charge is -2.13. The maximum absolute atomic E-state index is 12.8. The van der Waals surface area contributed by atoms with Gasteiger partial charge in [0.1, 0.15) is 11.5 Å². The summed E-state index contributed by atoms with van der Waals surface area (Å²) in [6.07, 6.45) is 1.02. The van der Waals surface area contributed by atoms with Crippen LogP contribution in [0.3, 0.4) is 0 Å². The standard InChI is InChI=1S/C23H25N3O7S2/c1-15-5-6-16(13-21(15)25-34(4,28)29)23(27)24-17-7-10-19(11-8-17)35(30,31)26-20-12-9-18(32-2)14-22(20)33-3/h5-14,25-26H,1-4H3,(H,24,27). The largest absolute Gasteiger partial charge is 0.497 e. The molecule has 0 atom stereocenters. The summed E-state index contributed by atoms with van der Waals surface area (Å²) in [6, 6.07) is 14.9. The number of benzene rings is 3. The molecule has 3 aromatic carbocycles. The van der Waals surface area contributed by atoms with Gasteiger partial charge in [-0.05, 0) is 61.0 Å². The Morgan fingerprint density at radius 1 is 0.800 bits per heavy atom. The number of hydrogen-bond donors (Lipinski definition) is 3. The molecule has 1 amide bonds. The van der Waals surface area contributed by atoms with Crippen molar-refractivity contribution >= 4 is 43.0 Å². The van der Waals surface area contributed by atoms with Crippen LogP contribution < -0.4 is 24.2 Å². The van der Waals surface area contributed by atoms with Gasteiger partial charge >= 0.3 is 0 Å². The van der Waals surface area contributed by atoms with Gasteiger partial charge in [-0.1, -0.05) is 6.07 Å². The van der Waals surface area contributed by atoms with Gasteiger partial charge in [0.05, 0.1) is 36.7 Å². The second-order valence-corrected chi connectivity index (χ2v) is 11.0. The maximum atomic E-state index is 12.8. The molecule has 10 nitrogen and oxygen atoms in total. The highest BCUT2D eigenvalue weighted by molar-refractivity contribution is 7.92. The van der Waals surface area contributed by atoms with Crippen LogP contribution >= 0.6 is 0 Å². The molecule has 0 aromatic heterocycles. The number of carbonyl (C=O) groups excluding carboxylic acids is 1. The molecule has 0 unspecified atom stereocenters. The van der Waals surface area contributed by atoms with Crippen LogP contribution in [0.4, 0.5) is 17.1 Å². The fourth-order valence-electron chi connectivity index (χ4n) is 3.08. The highest BCUT2D eigenvalue weighted by Gasteiger charge is 2.18. The molecule has 0 heterocycles. The molecule has 0 aliphatic rings. The average Bonchev–Trinajstić information content (AvgIpc) is 2.80. The van der Waals surface area contributed by atoms with Crippen molar-refractivity contribution in [3.05, 3.63) is 71.8 Å². The zero-order valence-corrected chi connectivity index (χ0v) is 21.1. The van der Waals surface area contributed by atoms with Crippen LogP contribution in [0.25, 0.3) is 0 Å². The van der Waals surface area contributed by atoms with Crippen LogP contribution in [-0.2, 0) is 20.0 Å². The number of hydrogen-bond acceptors (Lipinski definition) is 7. The minimum atomic E-state index is -3.94. The van der Waals surface area contributed by atoms with Gasteiger partial charge < -0.3 is 14.8 Å². The Bertz CT molecular complexity index is 1450. The Morgan fingerprint density at radius 2 is 1.49 bits per heavy atom. The van der Waals surface area contributed by atoms with Gasteiger partial charge in [0.25, 0.3) is 15.9 Å². The van der Waals surface area contributed by atoms with Crippen molar-refractivity contribution < 1.29 is 31.1 Å². The number of nitrogens with one attached hydrogen (secondary N) is 3. The highest BCUT2D eigenvalue weighted by atomic mass is 32.2. The summed E-state index contributed by atoms with van der Waals surface area (Å²) in [5, 5.41) is 2.66. The predicted octanol–water partition coefficient (Wildman–Crippen LogP) is 3.44. The van der Waals surface area contributed by atoms with Crippen LogP contribution in [-0.4, -0.2) is 43.2 Å². The molecular formula is C23H25N3O7S2. The first-order chi connectivity index (χ1) is 16.4. The summed E-state index contributed by atoms with van der Waals surface area (Å²) in [5.41, 5.74) is 1.77. The van der Waals surface area contributed by atoms with E-state index in [1.807, 2.05) is 0 Å². The minimum Gasteiger partial charge on any atom is -0.497 e. The third-order valence-corrected chi connectivity index (χ3v) is 6.84. The Morgan fingerprint density at radius 3 is 2.09 bits per heavy atom. The molecule has 3 aromatic rings. The van der Waals surface area contributed by atoms with Crippen molar-refractivity contribution in [2.24, 2.45) is 0 Å². The fraction of sp³-hybridized carbons (Fsp3) is 0.174. The summed E-state index contributed by atoms with van der Waals surface area (Å²) < 4.78 is 63.9. The van der Waals surface area contributed by atoms with Crippen molar-refractivity contribution in [3.8, 4) is 11.5 Å². The summed E-state index contributed by atoms with van der Waals surface area (Å²) in [7, 11) is -4.54. The summed E-state index contributed by atoms with van der Waals surface area (Å²) in [6.45, 7) is 1.71. The van der Waals surface area contributed by atoms with Gasteiger partial charge in [-0.2, -0.15) is 0 Å². The summed E-state index contributed by atoms with van der Waals surface area (Å²) >= 11 is 0. The highest BCUT2D eigenvalue weighted by Crippen LogP contribution is 2.31. The smallest absolute Gasteiger partial charge is 0.262 e. The van der Waals surface area contributed by atoms with Crippen molar-refractivity contribution in [1.29, 1.82) is 0 Å². The van der Waals surface area contributed by atoms with Crippen LogP contribution in [0.1, 0.15) is 15.9 Å². The molecule has 0 saturated heterocycles. The fourth-order valence-corrected chi connectivity index (χ4v) is 4.77. The van der Waals surface area contributed by atoms with Crippen molar-refractivity contribution in [2.75, 3.05) is 35.2 Å². The first kappa shape index (κ1) is 25.8. The molecule has 3 N–H and O–H groups in total. The number of methoxy groups -OCH3 is 2. The normalized spacial score (nSPS) is 11.4.